The molecule has 0 bridgehead atoms. The van der Waals surface area contributed by atoms with Gasteiger partial charge < -0.3 is 4.74 Å². The highest BCUT2D eigenvalue weighted by atomic mass is 32.2. The number of thioether (sulfide) groups is 1. The lowest BCUT2D eigenvalue weighted by Crippen LogP contribution is -2.38. The highest BCUT2D eigenvalue weighted by Gasteiger charge is 2.31. The van der Waals surface area contributed by atoms with Gasteiger partial charge in [0.15, 0.2) is 5.82 Å². The van der Waals surface area contributed by atoms with Crippen LogP contribution in [0, 0.1) is 19.8 Å². The molecule has 0 N–H and O–H groups in total. The molecule has 0 radical (unpaired) electrons. The van der Waals surface area contributed by atoms with Crippen molar-refractivity contribution >= 4 is 35.4 Å². The molecule has 0 saturated carbocycles. The van der Waals surface area contributed by atoms with Crippen LogP contribution < -0.4 is 4.74 Å². The number of halogens is 3. The van der Waals surface area contributed by atoms with E-state index in [1.165, 1.54) is 35.3 Å². The van der Waals surface area contributed by atoms with Crippen molar-refractivity contribution in [3.05, 3.63) is 89.2 Å². The summed E-state index contributed by atoms with van der Waals surface area (Å²) in [4.78, 5) is 28.8. The van der Waals surface area contributed by atoms with Crippen molar-refractivity contribution in [2.75, 3.05) is 11.5 Å². The van der Waals surface area contributed by atoms with Gasteiger partial charge in [-0.05, 0) is 73.1 Å². The summed E-state index contributed by atoms with van der Waals surface area (Å²) < 4.78 is 42.9. The summed E-state index contributed by atoms with van der Waals surface area (Å²) in [6.07, 6.45) is 3.09. The Balaban J connectivity index is 1.39. The fourth-order valence-corrected chi connectivity index (χ4v) is 5.19. The molecule has 1 unspecified atom stereocenters. The van der Waals surface area contributed by atoms with E-state index in [4.69, 9.17) is 4.99 Å². The van der Waals surface area contributed by atoms with Gasteiger partial charge in [-0.15, -0.1) is 18.3 Å². The Bertz CT molecular complexity index is 1570. The minimum absolute atomic E-state index is 0.0390. The molecule has 12 heteroatoms. The maximum absolute atomic E-state index is 13.3. The number of rotatable bonds is 8. The van der Waals surface area contributed by atoms with Crippen molar-refractivity contribution in [3.8, 4) is 11.4 Å². The third kappa shape index (κ3) is 6.81. The van der Waals surface area contributed by atoms with E-state index in [-0.39, 0.29) is 17.6 Å². The molecule has 2 aliphatic rings. The van der Waals surface area contributed by atoms with Crippen LogP contribution in [-0.4, -0.2) is 55.6 Å². The number of benzene rings is 2. The van der Waals surface area contributed by atoms with Gasteiger partial charge in [0.1, 0.15) is 12.1 Å². The number of ether oxygens (including phenoxy) is 1. The van der Waals surface area contributed by atoms with Gasteiger partial charge in [-0.3, -0.25) is 9.69 Å². The van der Waals surface area contributed by atoms with Crippen LogP contribution in [0.4, 0.5) is 13.2 Å². The molecular weight excluding hydrogens is 565 g/mol. The highest BCUT2D eigenvalue weighted by molar-refractivity contribution is 7.99. The van der Waals surface area contributed by atoms with Crippen LogP contribution in [0.2, 0.25) is 0 Å². The van der Waals surface area contributed by atoms with Crippen LogP contribution in [-0.2, 0) is 11.3 Å². The molecule has 1 aromatic heterocycles. The van der Waals surface area contributed by atoms with Gasteiger partial charge >= 0.3 is 6.36 Å². The second-order valence-corrected chi connectivity index (χ2v) is 11.1. The van der Waals surface area contributed by atoms with Crippen LogP contribution in [0.3, 0.4) is 0 Å². The average Bonchev–Trinajstić information content (AvgIpc) is 3.45. The Morgan fingerprint density at radius 2 is 1.88 bits per heavy atom. The van der Waals surface area contributed by atoms with Gasteiger partial charge in [-0.25, -0.2) is 19.7 Å². The lowest BCUT2D eigenvalue weighted by atomic mass is 9.93. The Morgan fingerprint density at radius 1 is 1.14 bits per heavy atom. The molecule has 0 spiro atoms. The molecule has 2 aromatic carbocycles. The fraction of sp³-hybridized carbons (Fsp3) is 0.300. The van der Waals surface area contributed by atoms with Crippen LogP contribution in [0.1, 0.15) is 35.9 Å². The quantitative estimate of drug-likeness (QED) is 0.306. The van der Waals surface area contributed by atoms with Crippen molar-refractivity contribution in [2.24, 2.45) is 15.9 Å². The number of fused-ring (bicyclic) bond motifs is 1. The smallest absolute Gasteiger partial charge is 0.406 e. The molecule has 1 atom stereocenters. The zero-order valence-electron chi connectivity index (χ0n) is 23.3. The Hall–Kier alpha value is -4.19. The lowest BCUT2D eigenvalue weighted by molar-refractivity contribution is -0.274. The van der Waals surface area contributed by atoms with Crippen LogP contribution >= 0.6 is 11.8 Å². The van der Waals surface area contributed by atoms with Crippen LogP contribution in [0.25, 0.3) is 11.3 Å². The summed E-state index contributed by atoms with van der Waals surface area (Å²) >= 11 is 1.55. The third-order valence-electron chi connectivity index (χ3n) is 6.89. The summed E-state index contributed by atoms with van der Waals surface area (Å²) in [6, 6.07) is 11.4. The molecule has 3 aromatic rings. The van der Waals surface area contributed by atoms with Crippen molar-refractivity contribution in [1.29, 1.82) is 0 Å². The highest BCUT2D eigenvalue weighted by Crippen LogP contribution is 2.31. The van der Waals surface area contributed by atoms with E-state index in [0.29, 0.717) is 36.2 Å². The first-order valence-corrected chi connectivity index (χ1v) is 14.5. The molecule has 218 valence electrons. The SMILES string of the molecule is CCSCC(=O)N(Cc1c(C)cccc1C)C1=NC2=CC(c3ncn(-c4ccc(OC(F)(F)F)cc4)n3)=CCC2C=N1. The molecular formula is C30H29F3N6O2S. The van der Waals surface area contributed by atoms with E-state index >= 15 is 0 Å². The predicted octanol–water partition coefficient (Wildman–Crippen LogP) is 6.29. The standard InChI is InChI=1S/C30H29F3N6O2S/c1-4-42-17-27(40)38(16-25-19(2)6-5-7-20(25)3)29-34-15-22-9-8-21(14-26(22)36-29)28-35-18-39(37-28)23-10-12-24(13-11-23)41-30(31,32)33/h5-8,10-15,18,22H,4,9,16-17H2,1-3H3. The molecule has 8 nitrogen and oxygen atoms in total. The van der Waals surface area contributed by atoms with Gasteiger partial charge in [0.05, 0.1) is 23.7 Å². The minimum atomic E-state index is -4.76. The van der Waals surface area contributed by atoms with Crippen molar-refractivity contribution < 1.29 is 22.7 Å². The van der Waals surface area contributed by atoms with Crippen molar-refractivity contribution in [1.82, 2.24) is 19.7 Å². The second kappa shape index (κ2) is 12.4. The van der Waals surface area contributed by atoms with E-state index in [2.05, 4.69) is 19.8 Å². The minimum Gasteiger partial charge on any atom is -0.406 e. The number of aliphatic imine (C=N–C) groups is 2. The number of aromatic nitrogens is 3. The van der Waals surface area contributed by atoms with E-state index in [1.54, 1.807) is 16.7 Å². The number of guanidine groups is 1. The number of aryl methyl sites for hydroxylation is 2. The molecule has 1 amide bonds. The number of hydrogen-bond acceptors (Lipinski definition) is 7. The summed E-state index contributed by atoms with van der Waals surface area (Å²) in [5, 5.41) is 4.52. The largest absolute Gasteiger partial charge is 0.573 e. The molecule has 1 aliphatic carbocycles. The van der Waals surface area contributed by atoms with E-state index < -0.39 is 6.36 Å². The summed E-state index contributed by atoms with van der Waals surface area (Å²) in [6.45, 7) is 6.45. The zero-order valence-corrected chi connectivity index (χ0v) is 24.1. The number of alkyl halides is 3. The maximum Gasteiger partial charge on any atom is 0.573 e. The monoisotopic (exact) mass is 594 g/mol. The number of nitrogens with zero attached hydrogens (tertiary/aromatic N) is 6. The van der Waals surface area contributed by atoms with Gasteiger partial charge in [-0.2, -0.15) is 11.8 Å². The second-order valence-electron chi connectivity index (χ2n) is 9.80. The lowest BCUT2D eigenvalue weighted by Gasteiger charge is -2.27. The molecule has 42 heavy (non-hydrogen) atoms. The normalized spacial score (nSPS) is 16.3. The molecule has 1 aliphatic heterocycles. The van der Waals surface area contributed by atoms with E-state index in [9.17, 15) is 18.0 Å². The molecule has 0 fully saturated rings. The van der Waals surface area contributed by atoms with Gasteiger partial charge in [-0.1, -0.05) is 31.2 Å². The predicted molar refractivity (Wildman–Crippen MR) is 158 cm³/mol. The van der Waals surface area contributed by atoms with Crippen molar-refractivity contribution in [2.45, 2.75) is 40.1 Å². The Kier molecular flexibility index (Phi) is 8.62. The molecule has 5 rings (SSSR count). The van der Waals surface area contributed by atoms with Crippen LogP contribution in [0.5, 0.6) is 5.75 Å². The summed E-state index contributed by atoms with van der Waals surface area (Å²) in [5.74, 6) is 1.53. The molecule has 2 heterocycles. The number of hydrogen-bond donors (Lipinski definition) is 0. The average molecular weight is 595 g/mol. The molecule has 0 saturated heterocycles. The number of carbonyl (C=O) groups excluding carboxylic acids is 1. The zero-order chi connectivity index (χ0) is 29.9. The number of amides is 1. The van der Waals surface area contributed by atoms with E-state index in [1.807, 2.05) is 57.3 Å². The van der Waals surface area contributed by atoms with Gasteiger partial charge in [0.25, 0.3) is 0 Å². The Labute approximate surface area is 245 Å². The van der Waals surface area contributed by atoms with Crippen molar-refractivity contribution in [3.63, 3.8) is 0 Å². The first-order chi connectivity index (χ1) is 20.1. The van der Waals surface area contributed by atoms with Crippen LogP contribution in [0.15, 0.2) is 76.6 Å². The first-order valence-electron chi connectivity index (χ1n) is 13.4. The Morgan fingerprint density at radius 3 is 2.57 bits per heavy atom. The summed E-state index contributed by atoms with van der Waals surface area (Å²) in [5.41, 5.74) is 5.30. The summed E-state index contributed by atoms with van der Waals surface area (Å²) in [7, 11) is 0. The first kappa shape index (κ1) is 29.3. The number of carbonyl (C=O) groups is 1. The topological polar surface area (TPSA) is 85.0 Å². The third-order valence-corrected chi connectivity index (χ3v) is 7.75. The fourth-order valence-electron chi connectivity index (χ4n) is 4.65. The van der Waals surface area contributed by atoms with Gasteiger partial charge in [0, 0.05) is 17.7 Å². The maximum atomic E-state index is 13.3. The number of allylic oxidation sites excluding steroid dienone is 4. The van der Waals surface area contributed by atoms with Gasteiger partial charge in [0.2, 0.25) is 11.9 Å². The van der Waals surface area contributed by atoms with E-state index in [0.717, 1.165) is 33.7 Å².